The van der Waals surface area contributed by atoms with E-state index in [0.717, 1.165) is 22.7 Å². The van der Waals surface area contributed by atoms with E-state index in [1.165, 1.54) is 10.4 Å². The number of amides is 1. The normalized spacial score (nSPS) is 16.7. The Morgan fingerprint density at radius 1 is 1.33 bits per heavy atom. The average Bonchev–Trinajstić information content (AvgIpc) is 3.03. The van der Waals surface area contributed by atoms with E-state index >= 15 is 0 Å². The minimum Gasteiger partial charge on any atom is -0.351 e. The molecule has 3 rings (SSSR count). The van der Waals surface area contributed by atoms with Gasteiger partial charge in [-0.25, -0.2) is 0 Å². The van der Waals surface area contributed by atoms with Crippen LogP contribution in [0.2, 0.25) is 4.34 Å². The quantitative estimate of drug-likeness (QED) is 0.887. The second kappa shape index (κ2) is 6.60. The molecule has 1 aromatic heterocycles. The molecule has 2 aromatic rings. The van der Waals surface area contributed by atoms with Gasteiger partial charge in [0, 0.05) is 17.5 Å². The molecule has 0 bridgehead atoms. The zero-order valence-electron chi connectivity index (χ0n) is 11.6. The van der Waals surface area contributed by atoms with E-state index in [1.54, 1.807) is 11.3 Å². The first-order chi connectivity index (χ1) is 10.2. The SMILES string of the molecule is O=C(CNC1CCc2sc(Cl)cc21)NCc1ccccc1. The third-order valence-corrected chi connectivity index (χ3v) is 5.03. The third-order valence-electron chi connectivity index (χ3n) is 3.69. The largest absolute Gasteiger partial charge is 0.351 e. The van der Waals surface area contributed by atoms with Crippen molar-refractivity contribution >= 4 is 28.8 Å². The van der Waals surface area contributed by atoms with Gasteiger partial charge in [0.2, 0.25) is 5.91 Å². The predicted molar refractivity (Wildman–Crippen MR) is 86.7 cm³/mol. The van der Waals surface area contributed by atoms with Crippen molar-refractivity contribution in [1.82, 2.24) is 10.6 Å². The number of thiophene rings is 1. The van der Waals surface area contributed by atoms with Crippen LogP contribution in [0.4, 0.5) is 0 Å². The molecule has 1 aromatic carbocycles. The molecule has 0 radical (unpaired) electrons. The van der Waals surface area contributed by atoms with E-state index in [4.69, 9.17) is 11.6 Å². The molecular formula is C16H17ClN2OS. The molecule has 0 fully saturated rings. The van der Waals surface area contributed by atoms with Crippen molar-refractivity contribution in [3.63, 3.8) is 0 Å². The van der Waals surface area contributed by atoms with E-state index < -0.39 is 0 Å². The number of aryl methyl sites for hydroxylation is 1. The monoisotopic (exact) mass is 320 g/mol. The van der Waals surface area contributed by atoms with Gasteiger partial charge in [0.1, 0.15) is 0 Å². The number of hydrogen-bond donors (Lipinski definition) is 2. The molecule has 1 unspecified atom stereocenters. The lowest BCUT2D eigenvalue weighted by Gasteiger charge is -2.13. The molecule has 1 amide bonds. The summed E-state index contributed by atoms with van der Waals surface area (Å²) in [5, 5.41) is 6.25. The molecule has 1 heterocycles. The molecule has 2 N–H and O–H groups in total. The van der Waals surface area contributed by atoms with Gasteiger partial charge < -0.3 is 10.6 Å². The minimum absolute atomic E-state index is 0.0219. The van der Waals surface area contributed by atoms with Crippen molar-refractivity contribution in [2.24, 2.45) is 0 Å². The Labute approximate surface area is 133 Å². The number of rotatable bonds is 5. The molecule has 1 aliphatic carbocycles. The summed E-state index contributed by atoms with van der Waals surface area (Å²) in [6.45, 7) is 0.909. The maximum Gasteiger partial charge on any atom is 0.234 e. The summed E-state index contributed by atoms with van der Waals surface area (Å²) in [6, 6.07) is 12.2. The van der Waals surface area contributed by atoms with E-state index in [1.807, 2.05) is 36.4 Å². The molecule has 110 valence electrons. The van der Waals surface area contributed by atoms with Crippen LogP contribution in [0.3, 0.4) is 0 Å². The fourth-order valence-electron chi connectivity index (χ4n) is 2.62. The summed E-state index contributed by atoms with van der Waals surface area (Å²) in [5.41, 5.74) is 2.37. The molecular weight excluding hydrogens is 304 g/mol. The molecule has 1 aliphatic rings. The summed E-state index contributed by atoms with van der Waals surface area (Å²) in [4.78, 5) is 13.2. The van der Waals surface area contributed by atoms with Crippen LogP contribution in [-0.2, 0) is 17.8 Å². The summed E-state index contributed by atoms with van der Waals surface area (Å²) in [5.74, 6) is 0.0219. The van der Waals surface area contributed by atoms with Crippen molar-refractivity contribution < 1.29 is 4.79 Å². The van der Waals surface area contributed by atoms with Crippen molar-refractivity contribution in [2.45, 2.75) is 25.4 Å². The molecule has 0 saturated heterocycles. The number of halogens is 1. The van der Waals surface area contributed by atoms with Crippen LogP contribution in [0.15, 0.2) is 36.4 Å². The molecule has 3 nitrogen and oxygen atoms in total. The number of carbonyl (C=O) groups is 1. The predicted octanol–water partition coefficient (Wildman–Crippen LogP) is 3.29. The Hall–Kier alpha value is -1.36. The van der Waals surface area contributed by atoms with Crippen molar-refractivity contribution in [2.75, 3.05) is 6.54 Å². The summed E-state index contributed by atoms with van der Waals surface area (Å²) >= 11 is 7.68. The van der Waals surface area contributed by atoms with Crippen LogP contribution in [0, 0.1) is 0 Å². The third kappa shape index (κ3) is 3.64. The fourth-order valence-corrected chi connectivity index (χ4v) is 3.97. The van der Waals surface area contributed by atoms with Gasteiger partial charge in [-0.1, -0.05) is 41.9 Å². The van der Waals surface area contributed by atoms with Crippen molar-refractivity contribution in [3.05, 3.63) is 56.7 Å². The lowest BCUT2D eigenvalue weighted by atomic mass is 10.2. The topological polar surface area (TPSA) is 41.1 Å². The Morgan fingerprint density at radius 3 is 2.95 bits per heavy atom. The van der Waals surface area contributed by atoms with Crippen LogP contribution < -0.4 is 10.6 Å². The summed E-state index contributed by atoms with van der Waals surface area (Å²) < 4.78 is 0.833. The molecule has 0 spiro atoms. The van der Waals surface area contributed by atoms with Crippen molar-refractivity contribution in [3.8, 4) is 0 Å². The van der Waals surface area contributed by atoms with Gasteiger partial charge in [0.15, 0.2) is 0 Å². The minimum atomic E-state index is 0.0219. The maximum absolute atomic E-state index is 11.9. The molecule has 0 aliphatic heterocycles. The van der Waals surface area contributed by atoms with Crippen molar-refractivity contribution in [1.29, 1.82) is 0 Å². The van der Waals surface area contributed by atoms with Crippen LogP contribution in [0.1, 0.15) is 28.5 Å². The van der Waals surface area contributed by atoms with E-state index in [2.05, 4.69) is 10.6 Å². The lowest BCUT2D eigenvalue weighted by molar-refractivity contribution is -0.120. The molecule has 1 atom stereocenters. The van der Waals surface area contributed by atoms with Crippen LogP contribution in [0.5, 0.6) is 0 Å². The number of benzene rings is 1. The second-order valence-corrected chi connectivity index (χ2v) is 6.93. The van der Waals surface area contributed by atoms with Gasteiger partial charge in [-0.05, 0) is 30.0 Å². The molecule has 21 heavy (non-hydrogen) atoms. The molecule has 0 saturated carbocycles. The molecule has 5 heteroatoms. The lowest BCUT2D eigenvalue weighted by Crippen LogP contribution is -2.34. The zero-order chi connectivity index (χ0) is 14.7. The number of carbonyl (C=O) groups excluding carboxylic acids is 1. The Morgan fingerprint density at radius 2 is 2.14 bits per heavy atom. The van der Waals surface area contributed by atoms with Gasteiger partial charge in [-0.3, -0.25) is 4.79 Å². The highest BCUT2D eigenvalue weighted by atomic mass is 35.5. The van der Waals surface area contributed by atoms with E-state index in [0.29, 0.717) is 13.1 Å². The van der Waals surface area contributed by atoms with Gasteiger partial charge in [-0.2, -0.15) is 0 Å². The first kappa shape index (κ1) is 14.6. The zero-order valence-corrected chi connectivity index (χ0v) is 13.1. The van der Waals surface area contributed by atoms with Crippen LogP contribution >= 0.6 is 22.9 Å². The summed E-state index contributed by atoms with van der Waals surface area (Å²) in [7, 11) is 0. The number of nitrogens with one attached hydrogen (secondary N) is 2. The highest BCUT2D eigenvalue weighted by Crippen LogP contribution is 2.39. The van der Waals surface area contributed by atoms with Crippen LogP contribution in [0.25, 0.3) is 0 Å². The van der Waals surface area contributed by atoms with E-state index in [-0.39, 0.29) is 11.9 Å². The van der Waals surface area contributed by atoms with Gasteiger partial charge in [0.25, 0.3) is 0 Å². The highest BCUT2D eigenvalue weighted by Gasteiger charge is 2.24. The van der Waals surface area contributed by atoms with Gasteiger partial charge in [0.05, 0.1) is 10.9 Å². The fraction of sp³-hybridized carbons (Fsp3) is 0.312. The Balaban J connectivity index is 1.46. The standard InChI is InChI=1S/C16H17ClN2OS/c17-15-8-12-13(6-7-14(12)21-15)18-10-16(20)19-9-11-4-2-1-3-5-11/h1-5,8,13,18H,6-7,9-10H2,(H,19,20). The Bertz CT molecular complexity index is 626. The van der Waals surface area contributed by atoms with Gasteiger partial charge in [-0.15, -0.1) is 11.3 Å². The Kier molecular flexibility index (Phi) is 4.58. The number of fused-ring (bicyclic) bond motifs is 1. The summed E-state index contributed by atoms with van der Waals surface area (Å²) in [6.07, 6.45) is 2.10. The first-order valence-corrected chi connectivity index (χ1v) is 8.24. The van der Waals surface area contributed by atoms with Crippen LogP contribution in [-0.4, -0.2) is 12.5 Å². The maximum atomic E-state index is 11.9. The van der Waals surface area contributed by atoms with E-state index in [9.17, 15) is 4.79 Å². The van der Waals surface area contributed by atoms with Gasteiger partial charge >= 0.3 is 0 Å². The smallest absolute Gasteiger partial charge is 0.234 e. The number of hydrogen-bond acceptors (Lipinski definition) is 3. The second-order valence-electron chi connectivity index (χ2n) is 5.16. The first-order valence-electron chi connectivity index (χ1n) is 7.04. The average molecular weight is 321 g/mol. The highest BCUT2D eigenvalue weighted by molar-refractivity contribution is 7.16.